The van der Waals surface area contributed by atoms with E-state index in [0.29, 0.717) is 29.9 Å². The molecule has 1 saturated carbocycles. The van der Waals surface area contributed by atoms with E-state index < -0.39 is 15.7 Å². The Labute approximate surface area is 203 Å². The molecule has 1 aromatic carbocycles. The van der Waals surface area contributed by atoms with E-state index in [9.17, 15) is 18.0 Å². The minimum Gasteiger partial charge on any atom is -0.364 e. The van der Waals surface area contributed by atoms with Crippen molar-refractivity contribution >= 4 is 39.0 Å². The predicted molar refractivity (Wildman–Crippen MR) is 130 cm³/mol. The molecule has 5 rings (SSSR count). The van der Waals surface area contributed by atoms with Crippen molar-refractivity contribution in [2.24, 2.45) is 23.5 Å². The number of fused-ring (bicyclic) bond motifs is 1. The lowest BCUT2D eigenvalue weighted by molar-refractivity contribution is -0.123. The maximum Gasteiger partial charge on any atom is 0.271 e. The Morgan fingerprint density at radius 2 is 1.89 bits per heavy atom. The average molecular weight is 500 g/mol. The van der Waals surface area contributed by atoms with Crippen LogP contribution in [0.1, 0.15) is 23.3 Å². The number of primary amides is 1. The number of nitrogens with zero attached hydrogens (tertiary/aromatic N) is 3. The zero-order chi connectivity index (χ0) is 24.7. The van der Waals surface area contributed by atoms with E-state index in [1.165, 1.54) is 18.3 Å². The van der Waals surface area contributed by atoms with E-state index in [0.717, 1.165) is 38.7 Å². The number of aromatic nitrogens is 2. The van der Waals surface area contributed by atoms with Gasteiger partial charge in [-0.25, -0.2) is 18.4 Å². The third-order valence-corrected chi connectivity index (χ3v) is 8.15. The number of hydrogen-bond donors (Lipinski definition) is 4. The average Bonchev–Trinajstić information content (AvgIpc) is 3.31. The standard InChI is InChI=1S/C23H29N7O4S/c1-35(33,34)15-6-4-13(5-7-15)27-22-20(21(24)31)26-11-18(29-22)30-8-2-3-14(12-30)28-23(32)19-16-9-25-10-17(16)19/h4-7,11,14,16-17,19,25H,2-3,8-10,12H2,1H3,(H2,24,31)(H,27,29)(H,28,32)/t14-,16-,17+,19+/m1/s1. The summed E-state index contributed by atoms with van der Waals surface area (Å²) in [6.07, 6.45) is 4.43. The Morgan fingerprint density at radius 3 is 2.54 bits per heavy atom. The van der Waals surface area contributed by atoms with E-state index in [4.69, 9.17) is 5.73 Å². The Kier molecular flexibility index (Phi) is 6.09. The molecule has 186 valence electrons. The lowest BCUT2D eigenvalue weighted by Crippen LogP contribution is -2.49. The molecule has 0 unspecified atom stereocenters. The zero-order valence-electron chi connectivity index (χ0n) is 19.4. The Balaban J connectivity index is 1.30. The van der Waals surface area contributed by atoms with Crippen LogP contribution in [-0.2, 0) is 14.6 Å². The Morgan fingerprint density at radius 1 is 1.17 bits per heavy atom. The highest BCUT2D eigenvalue weighted by atomic mass is 32.2. The summed E-state index contributed by atoms with van der Waals surface area (Å²) >= 11 is 0. The molecule has 2 aliphatic heterocycles. The summed E-state index contributed by atoms with van der Waals surface area (Å²) in [5, 5.41) is 9.56. The molecule has 3 aliphatic rings. The quantitative estimate of drug-likeness (QED) is 0.419. The van der Waals surface area contributed by atoms with Crippen molar-refractivity contribution in [3.05, 3.63) is 36.2 Å². The SMILES string of the molecule is CS(=O)(=O)c1ccc(Nc2nc(N3CCC[C@@H](NC(=O)[C@H]4[C@@H]5CNC[C@@H]54)C3)cnc2C(N)=O)cc1. The van der Waals surface area contributed by atoms with Gasteiger partial charge in [-0.3, -0.25) is 9.59 Å². The van der Waals surface area contributed by atoms with Crippen LogP contribution in [0.3, 0.4) is 0 Å². The highest BCUT2D eigenvalue weighted by molar-refractivity contribution is 7.90. The molecule has 35 heavy (non-hydrogen) atoms. The fourth-order valence-electron chi connectivity index (χ4n) is 5.13. The van der Waals surface area contributed by atoms with Crippen LogP contribution in [0.5, 0.6) is 0 Å². The van der Waals surface area contributed by atoms with E-state index in [2.05, 4.69) is 25.9 Å². The van der Waals surface area contributed by atoms with Gasteiger partial charge in [0.1, 0.15) is 5.82 Å². The summed E-state index contributed by atoms with van der Waals surface area (Å²) in [5.41, 5.74) is 6.03. The van der Waals surface area contributed by atoms with Crippen LogP contribution in [-0.4, -0.2) is 68.7 Å². The largest absolute Gasteiger partial charge is 0.364 e. The van der Waals surface area contributed by atoms with E-state index in [-0.39, 0.29) is 34.3 Å². The third kappa shape index (κ3) is 4.94. The summed E-state index contributed by atoms with van der Waals surface area (Å²) < 4.78 is 23.4. The summed E-state index contributed by atoms with van der Waals surface area (Å²) in [5.74, 6) is 1.24. The Hall–Kier alpha value is -3.25. The van der Waals surface area contributed by atoms with Crippen LogP contribution in [0.25, 0.3) is 0 Å². The molecule has 2 aromatic rings. The number of anilines is 3. The van der Waals surface area contributed by atoms with Gasteiger partial charge in [0.2, 0.25) is 5.91 Å². The van der Waals surface area contributed by atoms with Crippen molar-refractivity contribution in [1.29, 1.82) is 0 Å². The smallest absolute Gasteiger partial charge is 0.271 e. The lowest BCUT2D eigenvalue weighted by atomic mass is 10.1. The van der Waals surface area contributed by atoms with Gasteiger partial charge in [0.15, 0.2) is 21.3 Å². The summed E-state index contributed by atoms with van der Waals surface area (Å²) in [4.78, 5) is 35.7. The van der Waals surface area contributed by atoms with Gasteiger partial charge in [-0.15, -0.1) is 0 Å². The fraction of sp³-hybridized carbons (Fsp3) is 0.478. The van der Waals surface area contributed by atoms with Crippen molar-refractivity contribution in [3.8, 4) is 0 Å². The van der Waals surface area contributed by atoms with Gasteiger partial charge in [0, 0.05) is 37.0 Å². The number of piperidine rings is 2. The Bertz CT molecular complexity index is 1240. The molecule has 5 N–H and O–H groups in total. The molecule has 3 fully saturated rings. The van der Waals surface area contributed by atoms with Gasteiger partial charge < -0.3 is 26.6 Å². The molecule has 1 aromatic heterocycles. The second-order valence-corrected chi connectivity index (χ2v) is 11.5. The second-order valence-electron chi connectivity index (χ2n) is 9.52. The number of carbonyl (C=O) groups excluding carboxylic acids is 2. The molecule has 2 saturated heterocycles. The molecule has 0 bridgehead atoms. The summed E-state index contributed by atoms with van der Waals surface area (Å²) in [7, 11) is -3.32. The van der Waals surface area contributed by atoms with Crippen molar-refractivity contribution < 1.29 is 18.0 Å². The molecule has 0 radical (unpaired) electrons. The van der Waals surface area contributed by atoms with Gasteiger partial charge in [0.25, 0.3) is 5.91 Å². The molecule has 12 heteroatoms. The minimum absolute atomic E-state index is 0.0168. The number of hydrogen-bond acceptors (Lipinski definition) is 9. The van der Waals surface area contributed by atoms with E-state index in [1.54, 1.807) is 12.1 Å². The first-order valence-electron chi connectivity index (χ1n) is 11.7. The minimum atomic E-state index is -3.32. The summed E-state index contributed by atoms with van der Waals surface area (Å²) in [6, 6.07) is 6.14. The molecule has 0 spiro atoms. The number of carbonyl (C=O) groups is 2. The zero-order valence-corrected chi connectivity index (χ0v) is 20.2. The molecule has 4 atom stereocenters. The fourth-order valence-corrected chi connectivity index (χ4v) is 5.76. The van der Waals surface area contributed by atoms with Gasteiger partial charge in [-0.2, -0.15) is 0 Å². The van der Waals surface area contributed by atoms with Gasteiger partial charge in [-0.05, 0) is 62.0 Å². The van der Waals surface area contributed by atoms with Gasteiger partial charge >= 0.3 is 0 Å². The van der Waals surface area contributed by atoms with Crippen molar-refractivity contribution in [2.75, 3.05) is 42.7 Å². The first-order chi connectivity index (χ1) is 16.7. The lowest BCUT2D eigenvalue weighted by Gasteiger charge is -2.34. The van der Waals surface area contributed by atoms with Crippen LogP contribution in [0, 0.1) is 17.8 Å². The van der Waals surface area contributed by atoms with Gasteiger partial charge in [-0.1, -0.05) is 0 Å². The first-order valence-corrected chi connectivity index (χ1v) is 13.6. The van der Waals surface area contributed by atoms with Crippen molar-refractivity contribution in [3.63, 3.8) is 0 Å². The molecule has 2 amide bonds. The monoisotopic (exact) mass is 499 g/mol. The molecule has 1 aliphatic carbocycles. The van der Waals surface area contributed by atoms with Gasteiger partial charge in [0.05, 0.1) is 11.1 Å². The van der Waals surface area contributed by atoms with E-state index in [1.807, 2.05) is 4.90 Å². The number of rotatable bonds is 7. The maximum absolute atomic E-state index is 12.7. The maximum atomic E-state index is 12.7. The highest BCUT2D eigenvalue weighted by Gasteiger charge is 2.57. The van der Waals surface area contributed by atoms with Crippen molar-refractivity contribution in [2.45, 2.75) is 23.8 Å². The van der Waals surface area contributed by atoms with Crippen LogP contribution in [0.2, 0.25) is 0 Å². The third-order valence-electron chi connectivity index (χ3n) is 7.02. The molecular formula is C23H29N7O4S. The normalized spacial score (nSPS) is 25.6. The number of amides is 2. The number of nitrogens with one attached hydrogen (secondary N) is 3. The molecule has 11 nitrogen and oxygen atoms in total. The molecular weight excluding hydrogens is 470 g/mol. The topological polar surface area (TPSA) is 159 Å². The molecule has 3 heterocycles. The number of nitrogens with two attached hydrogens (primary N) is 1. The number of benzene rings is 1. The van der Waals surface area contributed by atoms with Crippen LogP contribution in [0.15, 0.2) is 35.4 Å². The van der Waals surface area contributed by atoms with E-state index >= 15 is 0 Å². The van der Waals surface area contributed by atoms with Crippen molar-refractivity contribution in [1.82, 2.24) is 20.6 Å². The van der Waals surface area contributed by atoms with Crippen LogP contribution < -0.4 is 26.6 Å². The second kappa shape index (κ2) is 9.08. The summed E-state index contributed by atoms with van der Waals surface area (Å²) in [6.45, 7) is 3.19. The first kappa shape index (κ1) is 23.5. The highest BCUT2D eigenvalue weighted by Crippen LogP contribution is 2.48. The number of sulfone groups is 1. The predicted octanol–water partition coefficient (Wildman–Crippen LogP) is 0.273. The van der Waals surface area contributed by atoms with Crippen LogP contribution >= 0.6 is 0 Å². The van der Waals surface area contributed by atoms with Crippen LogP contribution in [0.4, 0.5) is 17.3 Å².